The molecule has 2 rings (SSSR count). The van der Waals surface area contributed by atoms with E-state index < -0.39 is 5.97 Å². The third-order valence-corrected chi connectivity index (χ3v) is 3.71. The number of nitrogen functional groups attached to an aromatic ring is 1. The van der Waals surface area contributed by atoms with Crippen molar-refractivity contribution < 1.29 is 14.7 Å². The fraction of sp³-hybridized carbons (Fsp3) is 0.385. The molecule has 1 aromatic carbocycles. The zero-order valence-electron chi connectivity index (χ0n) is 10.3. The summed E-state index contributed by atoms with van der Waals surface area (Å²) in [6.45, 7) is 0.912. The minimum absolute atomic E-state index is 0.134. The number of amides is 1. The molecule has 1 aromatic rings. The second kappa shape index (κ2) is 5.48. The molecule has 0 atom stereocenters. The van der Waals surface area contributed by atoms with Gasteiger partial charge in [-0.3, -0.25) is 9.59 Å². The smallest absolute Gasteiger partial charge is 0.306 e. The van der Waals surface area contributed by atoms with Crippen LogP contribution in [0.4, 0.5) is 5.69 Å². The number of nitrogens with two attached hydrogens (primary N) is 1. The van der Waals surface area contributed by atoms with Gasteiger partial charge in [-0.15, -0.1) is 0 Å². The van der Waals surface area contributed by atoms with Crippen molar-refractivity contribution in [2.24, 2.45) is 5.92 Å². The molecule has 0 saturated carbocycles. The molecule has 102 valence electrons. The number of carbonyl (C=O) groups is 2. The maximum atomic E-state index is 12.2. The molecule has 1 amide bonds. The quantitative estimate of drug-likeness (QED) is 0.811. The number of anilines is 1. The second-order valence-corrected chi connectivity index (χ2v) is 5.05. The largest absolute Gasteiger partial charge is 0.481 e. The maximum Gasteiger partial charge on any atom is 0.306 e. The number of halogens is 1. The van der Waals surface area contributed by atoms with Crippen molar-refractivity contribution in [2.75, 3.05) is 18.8 Å². The molecule has 0 bridgehead atoms. The number of carboxylic acids is 1. The van der Waals surface area contributed by atoms with E-state index in [1.54, 1.807) is 23.1 Å². The van der Waals surface area contributed by atoms with Gasteiger partial charge in [0.05, 0.1) is 16.6 Å². The van der Waals surface area contributed by atoms with Gasteiger partial charge < -0.3 is 15.7 Å². The van der Waals surface area contributed by atoms with E-state index >= 15 is 0 Å². The number of benzene rings is 1. The van der Waals surface area contributed by atoms with Crippen LogP contribution in [-0.4, -0.2) is 35.0 Å². The van der Waals surface area contributed by atoms with Gasteiger partial charge in [0.25, 0.3) is 5.91 Å². The Hall–Kier alpha value is -1.75. The summed E-state index contributed by atoms with van der Waals surface area (Å²) in [5, 5.41) is 9.27. The summed E-state index contributed by atoms with van der Waals surface area (Å²) in [6, 6.07) is 4.77. The lowest BCUT2D eigenvalue weighted by Crippen LogP contribution is -2.40. The van der Waals surface area contributed by atoms with Crippen LogP contribution in [0, 0.1) is 5.92 Å². The SMILES string of the molecule is Nc1ccc(C(=O)N2CCC(C(=O)O)CC2)cc1Cl. The predicted molar refractivity (Wildman–Crippen MR) is 72.1 cm³/mol. The molecule has 1 saturated heterocycles. The Morgan fingerprint density at radius 3 is 2.47 bits per heavy atom. The van der Waals surface area contributed by atoms with E-state index in [9.17, 15) is 9.59 Å². The van der Waals surface area contributed by atoms with Gasteiger partial charge in [0, 0.05) is 18.7 Å². The number of nitrogens with zero attached hydrogens (tertiary/aromatic N) is 1. The first-order valence-electron chi connectivity index (χ1n) is 6.06. The summed E-state index contributed by atoms with van der Waals surface area (Å²) < 4.78 is 0. The van der Waals surface area contributed by atoms with E-state index in [1.807, 2.05) is 0 Å². The van der Waals surface area contributed by atoms with Gasteiger partial charge in [0.2, 0.25) is 0 Å². The van der Waals surface area contributed by atoms with E-state index in [4.69, 9.17) is 22.4 Å². The van der Waals surface area contributed by atoms with Gasteiger partial charge >= 0.3 is 5.97 Å². The van der Waals surface area contributed by atoms with E-state index in [1.165, 1.54) is 0 Å². The van der Waals surface area contributed by atoms with Crippen LogP contribution in [0.5, 0.6) is 0 Å². The summed E-state index contributed by atoms with van der Waals surface area (Å²) in [5.41, 5.74) is 6.51. The first-order valence-corrected chi connectivity index (χ1v) is 6.44. The average molecular weight is 283 g/mol. The van der Waals surface area contributed by atoms with Gasteiger partial charge in [-0.05, 0) is 31.0 Å². The van der Waals surface area contributed by atoms with Crippen molar-refractivity contribution >= 4 is 29.2 Å². The topological polar surface area (TPSA) is 83.6 Å². The summed E-state index contributed by atoms with van der Waals surface area (Å²) in [7, 11) is 0. The van der Waals surface area contributed by atoms with Crippen LogP contribution in [0.25, 0.3) is 0 Å². The number of likely N-dealkylation sites (tertiary alicyclic amines) is 1. The van der Waals surface area contributed by atoms with E-state index in [2.05, 4.69) is 0 Å². The zero-order chi connectivity index (χ0) is 14.0. The number of piperidine rings is 1. The van der Waals surface area contributed by atoms with Crippen LogP contribution in [0.3, 0.4) is 0 Å². The number of hydrogen-bond acceptors (Lipinski definition) is 3. The normalized spacial score (nSPS) is 16.4. The zero-order valence-corrected chi connectivity index (χ0v) is 11.1. The van der Waals surface area contributed by atoms with Gasteiger partial charge in [-0.2, -0.15) is 0 Å². The lowest BCUT2D eigenvalue weighted by Gasteiger charge is -2.30. The number of aliphatic carboxylic acids is 1. The van der Waals surface area contributed by atoms with Gasteiger partial charge in [-0.25, -0.2) is 0 Å². The highest BCUT2D eigenvalue weighted by atomic mass is 35.5. The lowest BCUT2D eigenvalue weighted by molar-refractivity contribution is -0.143. The predicted octanol–water partition coefficient (Wildman–Crippen LogP) is 1.86. The fourth-order valence-corrected chi connectivity index (χ4v) is 2.35. The molecule has 3 N–H and O–H groups in total. The molecular formula is C13H15ClN2O3. The van der Waals surface area contributed by atoms with Crippen LogP contribution < -0.4 is 5.73 Å². The lowest BCUT2D eigenvalue weighted by atomic mass is 9.96. The van der Waals surface area contributed by atoms with Crippen LogP contribution in [0.15, 0.2) is 18.2 Å². The molecule has 0 spiro atoms. The van der Waals surface area contributed by atoms with Crippen molar-refractivity contribution in [1.82, 2.24) is 4.90 Å². The summed E-state index contributed by atoms with van der Waals surface area (Å²) in [4.78, 5) is 24.7. The standard InChI is InChI=1S/C13H15ClN2O3/c14-10-7-9(1-2-11(10)15)12(17)16-5-3-8(4-6-16)13(18)19/h1-2,7-8H,3-6,15H2,(H,18,19). The van der Waals surface area contributed by atoms with Gasteiger partial charge in [-0.1, -0.05) is 11.6 Å². The minimum Gasteiger partial charge on any atom is -0.481 e. The fourth-order valence-electron chi connectivity index (χ4n) is 2.17. The molecule has 6 heteroatoms. The molecule has 5 nitrogen and oxygen atoms in total. The monoisotopic (exact) mass is 282 g/mol. The Morgan fingerprint density at radius 2 is 1.95 bits per heavy atom. The Bertz CT molecular complexity index is 511. The third-order valence-electron chi connectivity index (χ3n) is 3.38. The van der Waals surface area contributed by atoms with Crippen LogP contribution >= 0.6 is 11.6 Å². The highest BCUT2D eigenvalue weighted by Crippen LogP contribution is 2.23. The van der Waals surface area contributed by atoms with Crippen LogP contribution in [0.2, 0.25) is 5.02 Å². The summed E-state index contributed by atoms with van der Waals surface area (Å²) in [5.74, 6) is -1.27. The van der Waals surface area contributed by atoms with Crippen molar-refractivity contribution in [3.05, 3.63) is 28.8 Å². The van der Waals surface area contributed by atoms with Crippen molar-refractivity contribution in [2.45, 2.75) is 12.8 Å². The summed E-state index contributed by atoms with van der Waals surface area (Å²) in [6.07, 6.45) is 0.980. The highest BCUT2D eigenvalue weighted by molar-refractivity contribution is 6.33. The molecular weight excluding hydrogens is 268 g/mol. The molecule has 1 fully saturated rings. The maximum absolute atomic E-state index is 12.2. The molecule has 1 heterocycles. The third kappa shape index (κ3) is 2.98. The van der Waals surface area contributed by atoms with Crippen molar-refractivity contribution in [3.63, 3.8) is 0 Å². The molecule has 0 aromatic heterocycles. The average Bonchev–Trinajstić information content (AvgIpc) is 2.41. The van der Waals surface area contributed by atoms with Crippen molar-refractivity contribution in [1.29, 1.82) is 0 Å². The number of rotatable bonds is 2. The molecule has 1 aliphatic rings. The summed E-state index contributed by atoms with van der Waals surface area (Å²) >= 11 is 5.89. The Labute approximate surface area is 116 Å². The van der Waals surface area contributed by atoms with Crippen LogP contribution in [0.1, 0.15) is 23.2 Å². The van der Waals surface area contributed by atoms with E-state index in [-0.39, 0.29) is 11.8 Å². The van der Waals surface area contributed by atoms with E-state index in [0.29, 0.717) is 42.2 Å². The molecule has 0 aliphatic carbocycles. The first kappa shape index (κ1) is 13.7. The number of hydrogen-bond donors (Lipinski definition) is 2. The minimum atomic E-state index is -0.789. The van der Waals surface area contributed by atoms with Crippen LogP contribution in [-0.2, 0) is 4.79 Å². The van der Waals surface area contributed by atoms with Crippen molar-refractivity contribution in [3.8, 4) is 0 Å². The van der Waals surface area contributed by atoms with Gasteiger partial charge in [0.1, 0.15) is 0 Å². The second-order valence-electron chi connectivity index (χ2n) is 4.64. The number of carboxylic acid groups (broad SMARTS) is 1. The Kier molecular flexibility index (Phi) is 3.95. The molecule has 0 unspecified atom stereocenters. The molecule has 0 radical (unpaired) electrons. The molecule has 19 heavy (non-hydrogen) atoms. The Morgan fingerprint density at radius 1 is 1.32 bits per heavy atom. The first-order chi connectivity index (χ1) is 8.99. The number of carbonyl (C=O) groups excluding carboxylic acids is 1. The Balaban J connectivity index is 2.05. The molecule has 1 aliphatic heterocycles. The highest BCUT2D eigenvalue weighted by Gasteiger charge is 2.27. The van der Waals surface area contributed by atoms with E-state index in [0.717, 1.165) is 0 Å². The van der Waals surface area contributed by atoms with Gasteiger partial charge in [0.15, 0.2) is 0 Å².